The van der Waals surface area contributed by atoms with Crippen molar-refractivity contribution < 1.29 is 14.0 Å². The van der Waals surface area contributed by atoms with Gasteiger partial charge in [0.2, 0.25) is 0 Å². The topological polar surface area (TPSA) is 49.9 Å². The van der Waals surface area contributed by atoms with Gasteiger partial charge in [0.05, 0.1) is 0 Å². The number of nitrogens with zero attached hydrogens (tertiary/aromatic N) is 2. The van der Waals surface area contributed by atoms with Crippen molar-refractivity contribution in [1.29, 1.82) is 0 Å². The third-order valence-corrected chi connectivity index (χ3v) is 10.4. The van der Waals surface area contributed by atoms with Gasteiger partial charge in [-0.25, -0.2) is 4.79 Å². The summed E-state index contributed by atoms with van der Waals surface area (Å²) < 4.78 is 6.51. The number of urea groups is 1. The number of likely N-dealkylation sites (tertiary alicyclic amines) is 1. The minimum atomic E-state index is -1.95. The molecule has 26 heavy (non-hydrogen) atoms. The highest BCUT2D eigenvalue weighted by molar-refractivity contribution is 6.73. The molecule has 1 heterocycles. The fourth-order valence-electron chi connectivity index (χ4n) is 3.68. The van der Waals surface area contributed by atoms with Crippen LogP contribution >= 0.6 is 0 Å². The molecule has 1 aliphatic rings. The Labute approximate surface area is 158 Å². The van der Waals surface area contributed by atoms with Gasteiger partial charge in [-0.1, -0.05) is 51.1 Å². The van der Waals surface area contributed by atoms with E-state index < -0.39 is 14.4 Å². The van der Waals surface area contributed by atoms with Gasteiger partial charge in [0.25, 0.3) is 5.91 Å². The Morgan fingerprint density at radius 2 is 1.58 bits per heavy atom. The Morgan fingerprint density at radius 1 is 1.04 bits per heavy atom. The number of benzene rings is 1. The molecule has 1 aromatic carbocycles. The molecular formula is C20H32N2O3Si. The van der Waals surface area contributed by atoms with Crippen molar-refractivity contribution in [3.8, 4) is 0 Å². The maximum absolute atomic E-state index is 12.9. The van der Waals surface area contributed by atoms with Crippen LogP contribution < -0.4 is 0 Å². The minimum absolute atomic E-state index is 0.192. The predicted octanol–water partition coefficient (Wildman–Crippen LogP) is 4.42. The first-order valence-electron chi connectivity index (χ1n) is 9.83. The highest BCUT2D eigenvalue weighted by Gasteiger charge is 2.55. The molecule has 0 radical (unpaired) electrons. The molecule has 1 aromatic rings. The molecule has 0 unspecified atom stereocenters. The van der Waals surface area contributed by atoms with Gasteiger partial charge in [-0.3, -0.25) is 9.69 Å². The Morgan fingerprint density at radius 3 is 2.04 bits per heavy atom. The Bertz CT molecular complexity index is 606. The summed E-state index contributed by atoms with van der Waals surface area (Å²) in [6.45, 7) is 11.5. The largest absolute Gasteiger partial charge is 0.403 e. The van der Waals surface area contributed by atoms with E-state index in [1.807, 2.05) is 44.2 Å². The summed E-state index contributed by atoms with van der Waals surface area (Å²) in [6, 6.07) is 12.2. The summed E-state index contributed by atoms with van der Waals surface area (Å²) >= 11 is 0. The molecule has 6 heteroatoms. The molecule has 0 bridgehead atoms. The van der Waals surface area contributed by atoms with Gasteiger partial charge in [-0.15, -0.1) is 0 Å². The van der Waals surface area contributed by atoms with Gasteiger partial charge in [0, 0.05) is 13.1 Å². The van der Waals surface area contributed by atoms with Crippen LogP contribution in [0.15, 0.2) is 30.3 Å². The van der Waals surface area contributed by atoms with E-state index in [9.17, 15) is 9.59 Å². The molecule has 0 N–H and O–H groups in total. The number of carbonyl (C=O) groups is 2. The normalized spacial score (nSPS) is 20.0. The molecule has 0 aliphatic carbocycles. The molecule has 144 valence electrons. The first-order chi connectivity index (χ1) is 12.5. The second-order valence-corrected chi connectivity index (χ2v) is 11.5. The minimum Gasteiger partial charge on any atom is -0.403 e. The van der Waals surface area contributed by atoms with Gasteiger partial charge >= 0.3 is 6.03 Å². The van der Waals surface area contributed by atoms with Crippen molar-refractivity contribution in [3.05, 3.63) is 35.9 Å². The highest BCUT2D eigenvalue weighted by atomic mass is 28.4. The molecule has 0 spiro atoms. The van der Waals surface area contributed by atoms with Crippen LogP contribution in [-0.2, 0) is 9.22 Å². The smallest absolute Gasteiger partial charge is 0.327 e. The molecule has 3 amide bonds. The average Bonchev–Trinajstić information content (AvgIpc) is 2.68. The van der Waals surface area contributed by atoms with Crippen molar-refractivity contribution >= 4 is 20.3 Å². The maximum Gasteiger partial charge on any atom is 0.327 e. The zero-order valence-electron chi connectivity index (χ0n) is 16.7. The number of carbonyl (C=O) groups excluding carboxylic acids is 2. The lowest BCUT2D eigenvalue weighted by Gasteiger charge is -2.49. The van der Waals surface area contributed by atoms with Crippen molar-refractivity contribution in [2.45, 2.75) is 64.9 Å². The van der Waals surface area contributed by atoms with E-state index >= 15 is 0 Å². The van der Waals surface area contributed by atoms with Crippen LogP contribution in [0.1, 0.15) is 46.2 Å². The second kappa shape index (κ2) is 8.82. The number of amides is 3. The third kappa shape index (κ3) is 3.71. The van der Waals surface area contributed by atoms with Crippen LogP contribution in [0.5, 0.6) is 0 Å². The maximum atomic E-state index is 12.9. The lowest BCUT2D eigenvalue weighted by molar-refractivity contribution is -0.159. The van der Waals surface area contributed by atoms with E-state index in [4.69, 9.17) is 4.43 Å². The van der Waals surface area contributed by atoms with Crippen LogP contribution in [-0.4, -0.2) is 49.2 Å². The van der Waals surface area contributed by atoms with Crippen LogP contribution in [0.25, 0.3) is 0 Å². The second-order valence-electron chi connectivity index (χ2n) is 6.80. The lowest BCUT2D eigenvalue weighted by Crippen LogP contribution is -2.66. The molecular weight excluding hydrogens is 344 g/mol. The standard InChI is InChI=1S/C20H32N2O3Si/c1-6-21(7-2)20(24)22-17(16-14-12-11-13-15-16)18(19(22)23)25-26(8-3,9-4)10-5/h11-15,17-18H,6-10H2,1-5H3/t17-,18+/m0/s1. The van der Waals surface area contributed by atoms with Crippen molar-refractivity contribution in [2.75, 3.05) is 13.1 Å². The number of rotatable bonds is 8. The fraction of sp³-hybridized carbons (Fsp3) is 0.600. The molecule has 0 aromatic heterocycles. The Balaban J connectivity index is 2.34. The number of β-lactam (4-membered cyclic amide) rings is 1. The molecule has 0 saturated carbocycles. The predicted molar refractivity (Wildman–Crippen MR) is 106 cm³/mol. The zero-order valence-corrected chi connectivity index (χ0v) is 17.7. The van der Waals surface area contributed by atoms with Crippen molar-refractivity contribution in [1.82, 2.24) is 9.80 Å². The van der Waals surface area contributed by atoms with Crippen LogP contribution in [0.4, 0.5) is 4.79 Å². The summed E-state index contributed by atoms with van der Waals surface area (Å²) in [4.78, 5) is 28.9. The molecule has 2 rings (SSSR count). The highest BCUT2D eigenvalue weighted by Crippen LogP contribution is 2.41. The van der Waals surface area contributed by atoms with E-state index in [-0.39, 0.29) is 18.0 Å². The zero-order chi connectivity index (χ0) is 19.3. The summed E-state index contributed by atoms with van der Waals surface area (Å²) in [5.74, 6) is -0.192. The van der Waals surface area contributed by atoms with E-state index in [0.717, 1.165) is 23.7 Å². The molecule has 2 atom stereocenters. The van der Waals surface area contributed by atoms with Gasteiger partial charge in [-0.2, -0.15) is 0 Å². The summed E-state index contributed by atoms with van der Waals surface area (Å²) in [5, 5.41) is 0. The first-order valence-corrected chi connectivity index (χ1v) is 12.4. The third-order valence-electron chi connectivity index (χ3n) is 5.74. The van der Waals surface area contributed by atoms with E-state index in [1.165, 1.54) is 4.90 Å². The van der Waals surface area contributed by atoms with Gasteiger partial charge in [0.15, 0.2) is 14.4 Å². The summed E-state index contributed by atoms with van der Waals surface area (Å²) in [7, 11) is -1.95. The monoisotopic (exact) mass is 376 g/mol. The van der Waals surface area contributed by atoms with Crippen molar-refractivity contribution in [2.24, 2.45) is 0 Å². The Hall–Kier alpha value is -1.66. The van der Waals surface area contributed by atoms with Crippen LogP contribution in [0, 0.1) is 0 Å². The lowest BCUT2D eigenvalue weighted by atomic mass is 9.91. The summed E-state index contributed by atoms with van der Waals surface area (Å²) in [6.07, 6.45) is -0.538. The first kappa shape index (κ1) is 20.6. The summed E-state index contributed by atoms with van der Waals surface area (Å²) in [5.41, 5.74) is 0.962. The number of imide groups is 1. The Kier molecular flexibility index (Phi) is 7.00. The van der Waals surface area contributed by atoms with Crippen molar-refractivity contribution in [3.63, 3.8) is 0 Å². The average molecular weight is 377 g/mol. The van der Waals surface area contributed by atoms with Gasteiger partial charge < -0.3 is 9.33 Å². The molecule has 1 saturated heterocycles. The van der Waals surface area contributed by atoms with Gasteiger partial charge in [-0.05, 0) is 37.5 Å². The number of hydrogen-bond acceptors (Lipinski definition) is 3. The van der Waals surface area contributed by atoms with E-state index in [0.29, 0.717) is 13.1 Å². The number of hydrogen-bond donors (Lipinski definition) is 0. The van der Waals surface area contributed by atoms with Crippen LogP contribution in [0.3, 0.4) is 0 Å². The van der Waals surface area contributed by atoms with Crippen LogP contribution in [0.2, 0.25) is 18.1 Å². The molecule has 1 aliphatic heterocycles. The fourth-order valence-corrected chi connectivity index (χ4v) is 6.45. The quantitative estimate of drug-likeness (QED) is 0.498. The molecule has 1 fully saturated rings. The van der Waals surface area contributed by atoms with E-state index in [2.05, 4.69) is 20.8 Å². The van der Waals surface area contributed by atoms with E-state index in [1.54, 1.807) is 4.90 Å². The van der Waals surface area contributed by atoms with Gasteiger partial charge in [0.1, 0.15) is 6.04 Å². The molecule has 5 nitrogen and oxygen atoms in total. The SMILES string of the molecule is CCN(CC)C(=O)N1C(=O)[C@H](O[Si](CC)(CC)CC)[C@@H]1c1ccccc1.